The zero-order valence-electron chi connectivity index (χ0n) is 14.0. The molecule has 1 aromatic heterocycles. The summed E-state index contributed by atoms with van der Waals surface area (Å²) < 4.78 is 0. The number of H-pyrrole nitrogens is 1. The Morgan fingerprint density at radius 3 is 1.46 bits per heavy atom. The zero-order chi connectivity index (χ0) is 18.5. The van der Waals surface area contributed by atoms with E-state index < -0.39 is 0 Å². The van der Waals surface area contributed by atoms with E-state index in [-0.39, 0.29) is 13.1 Å². The summed E-state index contributed by atoms with van der Waals surface area (Å²) in [6.45, 7) is 1.38. The third kappa shape index (κ3) is 8.03. The van der Waals surface area contributed by atoms with Gasteiger partial charge in [-0.1, -0.05) is 60.7 Å². The molecule has 0 amide bonds. The fourth-order valence-electron chi connectivity index (χ4n) is 2.25. The second-order valence-corrected chi connectivity index (χ2v) is 7.15. The maximum atomic E-state index is 4.76. The molecule has 0 aliphatic carbocycles. The molecule has 0 bridgehead atoms. The molecule has 0 saturated carbocycles. The summed E-state index contributed by atoms with van der Waals surface area (Å²) in [6, 6.07) is 24.5. The topological polar surface area (TPSA) is 40.5 Å². The first kappa shape index (κ1) is 20.5. The van der Waals surface area contributed by atoms with Crippen LogP contribution in [-0.2, 0) is 26.2 Å². The molecule has 6 heteroatoms. The number of hydrogen-bond acceptors (Lipinski definition) is 2. The van der Waals surface area contributed by atoms with Crippen LogP contribution in [0, 0.1) is 0 Å². The van der Waals surface area contributed by atoms with Crippen LogP contribution in [0.3, 0.4) is 0 Å². The summed E-state index contributed by atoms with van der Waals surface area (Å²) in [5.41, 5.74) is 4.39. The van der Waals surface area contributed by atoms with E-state index in [1.807, 2.05) is 61.0 Å². The minimum atomic E-state index is 0.194. The van der Waals surface area contributed by atoms with Gasteiger partial charge in [0, 0.05) is 12.4 Å². The third-order valence-corrected chi connectivity index (χ3v) is 3.43. The molecule has 0 aliphatic heterocycles. The second-order valence-electron chi connectivity index (χ2n) is 5.33. The molecule has 0 aliphatic rings. The molecule has 26 heavy (non-hydrogen) atoms. The molecule has 136 valence electrons. The van der Waals surface area contributed by atoms with Crippen molar-refractivity contribution in [3.63, 3.8) is 0 Å². The minimum absolute atomic E-state index is 0.194. The molecule has 2 aromatic carbocycles. The number of aromatic nitrogens is 1. The van der Waals surface area contributed by atoms with E-state index in [4.69, 9.17) is 20.2 Å². The number of nitrogens with one attached hydrogen (secondary N) is 1. The van der Waals surface area contributed by atoms with Gasteiger partial charge in [0.2, 0.25) is 0 Å². The van der Waals surface area contributed by atoms with Crippen LogP contribution >= 0.6 is 20.2 Å². The number of benzene rings is 2. The molecule has 0 saturated heterocycles. The molecule has 0 unspecified atom stereocenters. The van der Waals surface area contributed by atoms with Crippen molar-refractivity contribution < 1.29 is 13.1 Å². The monoisotopic (exact) mass is 427 g/mol. The van der Waals surface area contributed by atoms with Gasteiger partial charge in [0.25, 0.3) is 0 Å². The van der Waals surface area contributed by atoms with E-state index >= 15 is 0 Å². The van der Waals surface area contributed by atoms with Gasteiger partial charge in [0.15, 0.2) is 0 Å². The number of nitrogens with zero attached hydrogens (tertiary/aromatic N) is 2. The van der Waals surface area contributed by atoms with Crippen molar-refractivity contribution in [3.05, 3.63) is 95.3 Å². The molecule has 0 radical (unpaired) electrons. The van der Waals surface area contributed by atoms with E-state index in [9.17, 15) is 0 Å². The van der Waals surface area contributed by atoms with Crippen LogP contribution in [0.1, 0.15) is 22.5 Å². The molecule has 0 fully saturated rings. The molecular formula is C20H19Cl2FeN3. The van der Waals surface area contributed by atoms with E-state index in [2.05, 4.69) is 39.2 Å². The summed E-state index contributed by atoms with van der Waals surface area (Å²) >= 11 is 0.194. The molecule has 1 heterocycles. The third-order valence-electron chi connectivity index (χ3n) is 3.43. The summed E-state index contributed by atoms with van der Waals surface area (Å²) in [7, 11) is 9.53. The van der Waals surface area contributed by atoms with Gasteiger partial charge in [-0.3, -0.25) is 9.98 Å². The zero-order valence-corrected chi connectivity index (χ0v) is 16.6. The van der Waals surface area contributed by atoms with Crippen molar-refractivity contribution in [1.29, 1.82) is 0 Å². The van der Waals surface area contributed by atoms with E-state index in [0.29, 0.717) is 13.1 Å². The maximum absolute atomic E-state index is 4.76. The first-order chi connectivity index (χ1) is 12.8. The van der Waals surface area contributed by atoms with Crippen molar-refractivity contribution in [3.8, 4) is 0 Å². The van der Waals surface area contributed by atoms with Crippen LogP contribution in [0.25, 0.3) is 0 Å². The summed E-state index contributed by atoms with van der Waals surface area (Å²) in [6.07, 6.45) is 3.73. The van der Waals surface area contributed by atoms with Crippen molar-refractivity contribution in [1.82, 2.24) is 4.98 Å². The second kappa shape index (κ2) is 12.5. The Kier molecular flexibility index (Phi) is 9.84. The van der Waals surface area contributed by atoms with Crippen molar-refractivity contribution in [2.24, 2.45) is 9.98 Å². The van der Waals surface area contributed by atoms with Crippen LogP contribution in [-0.4, -0.2) is 17.4 Å². The van der Waals surface area contributed by atoms with Crippen molar-refractivity contribution in [2.75, 3.05) is 0 Å². The van der Waals surface area contributed by atoms with E-state index in [0.717, 1.165) is 11.4 Å². The molecule has 0 atom stereocenters. The Labute approximate surface area is 168 Å². The Hall–Kier alpha value is -1.84. The van der Waals surface area contributed by atoms with Crippen LogP contribution in [0.15, 0.2) is 82.8 Å². The van der Waals surface area contributed by atoms with Gasteiger partial charge in [-0.2, -0.15) is 0 Å². The normalized spacial score (nSPS) is 11.0. The fraction of sp³-hybridized carbons (Fsp3) is 0.100. The fourth-order valence-corrected chi connectivity index (χ4v) is 2.25. The number of rotatable bonds is 6. The van der Waals surface area contributed by atoms with Gasteiger partial charge in [-0.25, -0.2) is 0 Å². The molecule has 3 nitrogen and oxygen atoms in total. The number of aliphatic imine (C=N–C) groups is 2. The van der Waals surface area contributed by atoms with Crippen molar-refractivity contribution >= 4 is 32.6 Å². The van der Waals surface area contributed by atoms with Crippen molar-refractivity contribution in [2.45, 2.75) is 13.1 Å². The molecule has 3 rings (SSSR count). The Morgan fingerprint density at radius 2 is 1.08 bits per heavy atom. The average Bonchev–Trinajstić information content (AvgIpc) is 3.12. The van der Waals surface area contributed by atoms with Gasteiger partial charge in [0.1, 0.15) is 0 Å². The standard InChI is InChI=1S/C20H19N3.2ClH.Fe/c1-3-7-17(8-4-1)13-21-15-19-11-12-20(23-19)16-22-14-18-9-5-2-6-10-18;;;/h1-12,15-16,23H,13-14H2;2*1H;/q;;;+2/p-2. The number of aromatic amines is 1. The van der Waals surface area contributed by atoms with E-state index in [1.165, 1.54) is 11.1 Å². The molecule has 3 aromatic rings. The van der Waals surface area contributed by atoms with Crippen LogP contribution in [0.4, 0.5) is 0 Å². The van der Waals surface area contributed by atoms with Gasteiger partial charge in [-0.15, -0.1) is 0 Å². The average molecular weight is 428 g/mol. The van der Waals surface area contributed by atoms with Gasteiger partial charge in [0.05, 0.1) is 24.5 Å². The predicted molar refractivity (Wildman–Crippen MR) is 108 cm³/mol. The number of halogens is 2. The Bertz CT molecular complexity index is 736. The summed E-state index contributed by atoms with van der Waals surface area (Å²) in [5, 5.41) is 0. The number of hydrogen-bond donors (Lipinski definition) is 1. The SMILES string of the molecule is C(=NCc1ccccc1)c1ccc(C=NCc2ccccc2)[nH]1.[Cl][Fe][Cl]. The first-order valence-electron chi connectivity index (χ1n) is 7.93. The first-order valence-corrected chi connectivity index (χ1v) is 11.0. The van der Waals surface area contributed by atoms with E-state index in [1.54, 1.807) is 0 Å². The quantitative estimate of drug-likeness (QED) is 0.391. The molecular weight excluding hydrogens is 409 g/mol. The molecule has 0 spiro atoms. The van der Waals surface area contributed by atoms with Crippen LogP contribution in [0.5, 0.6) is 0 Å². The summed E-state index contributed by atoms with van der Waals surface area (Å²) in [4.78, 5) is 12.2. The summed E-state index contributed by atoms with van der Waals surface area (Å²) in [5.74, 6) is 0. The predicted octanol–water partition coefficient (Wildman–Crippen LogP) is 5.63. The van der Waals surface area contributed by atoms with Crippen LogP contribution in [0.2, 0.25) is 0 Å². The molecule has 1 N–H and O–H groups in total. The van der Waals surface area contributed by atoms with Gasteiger partial charge >= 0.3 is 33.3 Å². The Balaban J connectivity index is 0.000000758. The van der Waals surface area contributed by atoms with Gasteiger partial charge in [-0.05, 0) is 23.3 Å². The van der Waals surface area contributed by atoms with Crippen LogP contribution < -0.4 is 0 Å². The van der Waals surface area contributed by atoms with Gasteiger partial charge < -0.3 is 4.98 Å². The Morgan fingerprint density at radius 1 is 0.692 bits per heavy atom.